The predicted molar refractivity (Wildman–Crippen MR) is 52.4 cm³/mol. The van der Waals surface area contributed by atoms with Gasteiger partial charge in [-0.1, -0.05) is 6.92 Å². The molecule has 1 atom stereocenters. The third-order valence-electron chi connectivity index (χ3n) is 2.33. The molecule has 0 fully saturated rings. The van der Waals surface area contributed by atoms with Crippen LogP contribution in [0.25, 0.3) is 0 Å². The molecule has 0 saturated heterocycles. The summed E-state index contributed by atoms with van der Waals surface area (Å²) in [5, 5.41) is 0. The van der Waals surface area contributed by atoms with Crippen LogP contribution in [0.3, 0.4) is 0 Å². The molecule has 0 saturated carbocycles. The second-order valence-electron chi connectivity index (χ2n) is 3.20. The molecule has 72 valence electrons. The first-order chi connectivity index (χ1) is 6.15. The molecule has 1 heterocycles. The summed E-state index contributed by atoms with van der Waals surface area (Å²) < 4.78 is 12.6. The SMILES string of the molecule is CCC(C)N(C)c1ccc(F)cn1. The molecule has 0 aliphatic rings. The van der Waals surface area contributed by atoms with E-state index in [1.807, 2.05) is 11.9 Å². The zero-order valence-corrected chi connectivity index (χ0v) is 8.29. The summed E-state index contributed by atoms with van der Waals surface area (Å²) in [6.45, 7) is 4.23. The van der Waals surface area contributed by atoms with Gasteiger partial charge in [-0.3, -0.25) is 0 Å². The van der Waals surface area contributed by atoms with E-state index in [0.29, 0.717) is 6.04 Å². The van der Waals surface area contributed by atoms with Crippen LogP contribution in [0.5, 0.6) is 0 Å². The van der Waals surface area contributed by atoms with Crippen LogP contribution in [0.15, 0.2) is 18.3 Å². The standard InChI is InChI=1S/C10H15FN2/c1-4-8(2)13(3)10-6-5-9(11)7-12-10/h5-8H,4H2,1-3H3. The van der Waals surface area contributed by atoms with E-state index in [2.05, 4.69) is 18.8 Å². The summed E-state index contributed by atoms with van der Waals surface area (Å²) in [5.74, 6) is 0.525. The van der Waals surface area contributed by atoms with Gasteiger partial charge in [0.25, 0.3) is 0 Å². The summed E-state index contributed by atoms with van der Waals surface area (Å²) in [7, 11) is 1.97. The van der Waals surface area contributed by atoms with E-state index in [1.54, 1.807) is 6.07 Å². The molecule has 0 bridgehead atoms. The Morgan fingerprint density at radius 3 is 2.69 bits per heavy atom. The van der Waals surface area contributed by atoms with Crippen LogP contribution in [0.2, 0.25) is 0 Å². The van der Waals surface area contributed by atoms with Crippen LogP contribution < -0.4 is 4.90 Å². The highest BCUT2D eigenvalue weighted by atomic mass is 19.1. The Kier molecular flexibility index (Phi) is 3.23. The number of nitrogens with zero attached hydrogens (tertiary/aromatic N) is 2. The minimum Gasteiger partial charge on any atom is -0.357 e. The number of halogens is 1. The van der Waals surface area contributed by atoms with E-state index in [9.17, 15) is 4.39 Å². The fourth-order valence-electron chi connectivity index (χ4n) is 1.08. The van der Waals surface area contributed by atoms with Crippen molar-refractivity contribution in [1.29, 1.82) is 0 Å². The second kappa shape index (κ2) is 4.21. The number of aromatic nitrogens is 1. The first-order valence-corrected chi connectivity index (χ1v) is 4.49. The zero-order chi connectivity index (χ0) is 9.84. The highest BCUT2D eigenvalue weighted by Crippen LogP contribution is 2.13. The van der Waals surface area contributed by atoms with Crippen molar-refractivity contribution in [3.05, 3.63) is 24.1 Å². The van der Waals surface area contributed by atoms with Crippen molar-refractivity contribution in [1.82, 2.24) is 4.98 Å². The van der Waals surface area contributed by atoms with Gasteiger partial charge in [0.15, 0.2) is 0 Å². The molecule has 1 aromatic rings. The molecule has 1 rings (SSSR count). The third-order valence-corrected chi connectivity index (χ3v) is 2.33. The Balaban J connectivity index is 2.77. The molecule has 0 aliphatic carbocycles. The van der Waals surface area contributed by atoms with E-state index in [0.717, 1.165) is 12.2 Å². The molecular formula is C10H15FN2. The number of rotatable bonds is 3. The van der Waals surface area contributed by atoms with E-state index in [1.165, 1.54) is 12.3 Å². The van der Waals surface area contributed by atoms with Gasteiger partial charge in [-0.2, -0.15) is 0 Å². The second-order valence-corrected chi connectivity index (χ2v) is 3.20. The monoisotopic (exact) mass is 182 g/mol. The lowest BCUT2D eigenvalue weighted by molar-refractivity contribution is 0.616. The molecule has 0 amide bonds. The highest BCUT2D eigenvalue weighted by Gasteiger charge is 2.08. The third kappa shape index (κ3) is 2.41. The van der Waals surface area contributed by atoms with Gasteiger partial charge in [0.05, 0.1) is 6.20 Å². The maximum absolute atomic E-state index is 12.6. The Morgan fingerprint density at radius 1 is 1.54 bits per heavy atom. The molecule has 0 spiro atoms. The van der Waals surface area contributed by atoms with Gasteiger partial charge in [0.1, 0.15) is 11.6 Å². The predicted octanol–water partition coefficient (Wildman–Crippen LogP) is 2.46. The Bertz CT molecular complexity index is 258. The molecule has 1 unspecified atom stereocenters. The van der Waals surface area contributed by atoms with Crippen molar-refractivity contribution < 1.29 is 4.39 Å². The maximum atomic E-state index is 12.6. The van der Waals surface area contributed by atoms with Crippen molar-refractivity contribution in [3.8, 4) is 0 Å². The Morgan fingerprint density at radius 2 is 2.23 bits per heavy atom. The molecule has 13 heavy (non-hydrogen) atoms. The van der Waals surface area contributed by atoms with Gasteiger partial charge in [-0.05, 0) is 25.5 Å². The van der Waals surface area contributed by atoms with Crippen LogP contribution in [0.1, 0.15) is 20.3 Å². The molecule has 1 aromatic heterocycles. The van der Waals surface area contributed by atoms with Crippen LogP contribution in [0.4, 0.5) is 10.2 Å². The molecule has 0 radical (unpaired) electrons. The molecule has 0 aliphatic heterocycles. The average molecular weight is 182 g/mol. The lowest BCUT2D eigenvalue weighted by Gasteiger charge is -2.24. The first-order valence-electron chi connectivity index (χ1n) is 4.49. The number of hydrogen-bond acceptors (Lipinski definition) is 2. The Labute approximate surface area is 78.4 Å². The van der Waals surface area contributed by atoms with Crippen LogP contribution in [-0.4, -0.2) is 18.1 Å². The summed E-state index contributed by atoms with van der Waals surface area (Å²) in [6.07, 6.45) is 2.30. The lowest BCUT2D eigenvalue weighted by Crippen LogP contribution is -2.28. The first kappa shape index (κ1) is 9.96. The van der Waals surface area contributed by atoms with Crippen molar-refractivity contribution in [3.63, 3.8) is 0 Å². The van der Waals surface area contributed by atoms with Gasteiger partial charge >= 0.3 is 0 Å². The highest BCUT2D eigenvalue weighted by molar-refractivity contribution is 5.37. The quantitative estimate of drug-likeness (QED) is 0.713. The van der Waals surface area contributed by atoms with Crippen LogP contribution in [-0.2, 0) is 0 Å². The van der Waals surface area contributed by atoms with Crippen molar-refractivity contribution in [2.45, 2.75) is 26.3 Å². The number of pyridine rings is 1. The summed E-state index contributed by atoms with van der Waals surface area (Å²) in [5.41, 5.74) is 0. The normalized spacial score (nSPS) is 12.6. The summed E-state index contributed by atoms with van der Waals surface area (Å²) >= 11 is 0. The molecule has 0 aromatic carbocycles. The van der Waals surface area contributed by atoms with Gasteiger partial charge in [0, 0.05) is 13.1 Å². The van der Waals surface area contributed by atoms with Gasteiger partial charge in [0.2, 0.25) is 0 Å². The largest absolute Gasteiger partial charge is 0.357 e. The van der Waals surface area contributed by atoms with Crippen LogP contribution >= 0.6 is 0 Å². The van der Waals surface area contributed by atoms with E-state index < -0.39 is 0 Å². The van der Waals surface area contributed by atoms with E-state index in [4.69, 9.17) is 0 Å². The number of anilines is 1. The summed E-state index contributed by atoms with van der Waals surface area (Å²) in [6, 6.07) is 3.56. The number of hydrogen-bond donors (Lipinski definition) is 0. The Hall–Kier alpha value is -1.12. The smallest absolute Gasteiger partial charge is 0.141 e. The van der Waals surface area contributed by atoms with Gasteiger partial charge < -0.3 is 4.90 Å². The molecule has 3 heteroatoms. The van der Waals surface area contributed by atoms with Crippen molar-refractivity contribution >= 4 is 5.82 Å². The minimum atomic E-state index is -0.290. The minimum absolute atomic E-state index is 0.290. The van der Waals surface area contributed by atoms with E-state index in [-0.39, 0.29) is 5.82 Å². The molecular weight excluding hydrogens is 167 g/mol. The average Bonchev–Trinajstić information content (AvgIpc) is 2.17. The molecule has 0 N–H and O–H groups in total. The lowest BCUT2D eigenvalue weighted by atomic mass is 10.2. The van der Waals surface area contributed by atoms with Crippen molar-refractivity contribution in [2.75, 3.05) is 11.9 Å². The van der Waals surface area contributed by atoms with E-state index >= 15 is 0 Å². The zero-order valence-electron chi connectivity index (χ0n) is 8.29. The van der Waals surface area contributed by atoms with Crippen molar-refractivity contribution in [2.24, 2.45) is 0 Å². The fraction of sp³-hybridized carbons (Fsp3) is 0.500. The fourth-order valence-corrected chi connectivity index (χ4v) is 1.08. The summed E-state index contributed by atoms with van der Waals surface area (Å²) in [4.78, 5) is 6.04. The van der Waals surface area contributed by atoms with Gasteiger partial charge in [-0.15, -0.1) is 0 Å². The molecule has 2 nitrogen and oxygen atoms in total. The maximum Gasteiger partial charge on any atom is 0.141 e. The van der Waals surface area contributed by atoms with Crippen LogP contribution in [0, 0.1) is 5.82 Å². The van der Waals surface area contributed by atoms with Gasteiger partial charge in [-0.25, -0.2) is 9.37 Å². The topological polar surface area (TPSA) is 16.1 Å².